The van der Waals surface area contributed by atoms with E-state index in [0.29, 0.717) is 6.42 Å². The van der Waals surface area contributed by atoms with Crippen molar-refractivity contribution in [3.63, 3.8) is 0 Å². The molecule has 332 valence electrons. The Balaban J connectivity index is 3.46. The van der Waals surface area contributed by atoms with Crippen molar-refractivity contribution in [1.82, 2.24) is 5.32 Å². The second kappa shape index (κ2) is 46.5. The summed E-state index contributed by atoms with van der Waals surface area (Å²) in [6.07, 6.45) is 58.0. The van der Waals surface area contributed by atoms with Crippen LogP contribution in [0.25, 0.3) is 0 Å². The maximum absolute atomic E-state index is 12.4. The summed E-state index contributed by atoms with van der Waals surface area (Å²) in [6, 6.07) is -0.756. The van der Waals surface area contributed by atoms with Crippen LogP contribution in [0, 0.1) is 0 Å². The SMILES string of the molecule is CCCCCC/C=C/CC/C=C/C(O)C(CO)NC(=O)CC(O)CCCCCCCCCCCCCCCCCCCCCCCCCCCCCCCCC. The van der Waals surface area contributed by atoms with E-state index in [-0.39, 0.29) is 18.9 Å². The first-order valence-electron chi connectivity index (χ1n) is 25.1. The zero-order valence-corrected chi connectivity index (χ0v) is 37.8. The van der Waals surface area contributed by atoms with Crippen molar-refractivity contribution in [1.29, 1.82) is 0 Å². The number of amides is 1. The van der Waals surface area contributed by atoms with Crippen LogP contribution in [0.5, 0.6) is 0 Å². The molecule has 56 heavy (non-hydrogen) atoms. The van der Waals surface area contributed by atoms with E-state index in [1.54, 1.807) is 6.08 Å². The van der Waals surface area contributed by atoms with E-state index in [2.05, 4.69) is 31.3 Å². The van der Waals surface area contributed by atoms with Crippen LogP contribution in [0.1, 0.15) is 271 Å². The van der Waals surface area contributed by atoms with Gasteiger partial charge >= 0.3 is 0 Å². The van der Waals surface area contributed by atoms with Gasteiger partial charge in [0.1, 0.15) is 0 Å². The van der Waals surface area contributed by atoms with Crippen LogP contribution in [-0.4, -0.2) is 46.1 Å². The molecule has 5 nitrogen and oxygen atoms in total. The molecule has 4 N–H and O–H groups in total. The molecule has 0 saturated heterocycles. The van der Waals surface area contributed by atoms with Crippen molar-refractivity contribution in [2.45, 2.75) is 289 Å². The number of carbonyl (C=O) groups is 1. The molecule has 0 aliphatic carbocycles. The Bertz CT molecular complexity index is 829. The Kier molecular flexibility index (Phi) is 45.5. The van der Waals surface area contributed by atoms with Crippen molar-refractivity contribution in [3.8, 4) is 0 Å². The molecule has 0 aliphatic heterocycles. The third kappa shape index (κ3) is 42.4. The first-order chi connectivity index (χ1) is 27.5. The lowest BCUT2D eigenvalue weighted by Gasteiger charge is -2.21. The summed E-state index contributed by atoms with van der Waals surface area (Å²) in [5.41, 5.74) is 0. The fourth-order valence-corrected chi connectivity index (χ4v) is 7.89. The summed E-state index contributed by atoms with van der Waals surface area (Å²) in [5, 5.41) is 33.1. The summed E-state index contributed by atoms with van der Waals surface area (Å²) in [7, 11) is 0. The van der Waals surface area contributed by atoms with Gasteiger partial charge in [0.2, 0.25) is 5.91 Å². The lowest BCUT2D eigenvalue weighted by atomic mass is 10.0. The molecule has 0 saturated carbocycles. The predicted molar refractivity (Wildman–Crippen MR) is 245 cm³/mol. The summed E-state index contributed by atoms with van der Waals surface area (Å²) in [5.74, 6) is -0.323. The van der Waals surface area contributed by atoms with E-state index in [4.69, 9.17) is 0 Å². The zero-order chi connectivity index (χ0) is 40.8. The minimum atomic E-state index is -0.947. The molecule has 1 amide bonds. The molecule has 0 aliphatic rings. The number of aliphatic hydroxyl groups excluding tert-OH is 3. The van der Waals surface area contributed by atoms with Gasteiger partial charge in [-0.1, -0.05) is 256 Å². The van der Waals surface area contributed by atoms with Crippen molar-refractivity contribution < 1.29 is 20.1 Å². The quantitative estimate of drug-likeness (QED) is 0.0365. The molecule has 3 unspecified atom stereocenters. The van der Waals surface area contributed by atoms with Crippen LogP contribution in [0.4, 0.5) is 0 Å². The van der Waals surface area contributed by atoms with E-state index in [0.717, 1.165) is 32.1 Å². The lowest BCUT2D eigenvalue weighted by Crippen LogP contribution is -2.45. The second-order valence-electron chi connectivity index (χ2n) is 17.4. The highest BCUT2D eigenvalue weighted by molar-refractivity contribution is 5.76. The van der Waals surface area contributed by atoms with Crippen molar-refractivity contribution >= 4 is 5.91 Å². The minimum absolute atomic E-state index is 0.00950. The van der Waals surface area contributed by atoms with Gasteiger partial charge in [-0.15, -0.1) is 0 Å². The molecule has 0 rings (SSSR count). The highest BCUT2D eigenvalue weighted by Crippen LogP contribution is 2.17. The number of nitrogens with one attached hydrogen (secondary N) is 1. The number of hydrogen-bond donors (Lipinski definition) is 4. The van der Waals surface area contributed by atoms with Crippen molar-refractivity contribution in [3.05, 3.63) is 24.3 Å². The van der Waals surface area contributed by atoms with Gasteiger partial charge in [-0.3, -0.25) is 4.79 Å². The molecule has 0 radical (unpaired) electrons. The highest BCUT2D eigenvalue weighted by atomic mass is 16.3. The topological polar surface area (TPSA) is 89.8 Å². The smallest absolute Gasteiger partial charge is 0.222 e. The summed E-state index contributed by atoms with van der Waals surface area (Å²) >= 11 is 0. The van der Waals surface area contributed by atoms with Crippen LogP contribution < -0.4 is 5.32 Å². The number of carbonyl (C=O) groups excluding carboxylic acids is 1. The Hall–Kier alpha value is -1.17. The first kappa shape index (κ1) is 54.8. The van der Waals surface area contributed by atoms with E-state index >= 15 is 0 Å². The lowest BCUT2D eigenvalue weighted by molar-refractivity contribution is -0.124. The van der Waals surface area contributed by atoms with Gasteiger partial charge in [0, 0.05) is 0 Å². The predicted octanol–water partition coefficient (Wildman–Crippen LogP) is 14.9. The fraction of sp³-hybridized carbons (Fsp3) is 0.902. The molecule has 0 aromatic carbocycles. The van der Waals surface area contributed by atoms with Gasteiger partial charge in [-0.25, -0.2) is 0 Å². The molecule has 0 bridgehead atoms. The van der Waals surface area contributed by atoms with Gasteiger partial charge in [-0.05, 0) is 32.1 Å². The van der Waals surface area contributed by atoms with Gasteiger partial charge in [0.25, 0.3) is 0 Å². The number of hydrogen-bond acceptors (Lipinski definition) is 4. The largest absolute Gasteiger partial charge is 0.394 e. The fourth-order valence-electron chi connectivity index (χ4n) is 7.89. The molecule has 0 fully saturated rings. The van der Waals surface area contributed by atoms with E-state index < -0.39 is 18.2 Å². The molecule has 0 heterocycles. The van der Waals surface area contributed by atoms with Crippen LogP contribution >= 0.6 is 0 Å². The van der Waals surface area contributed by atoms with Crippen LogP contribution in [0.3, 0.4) is 0 Å². The number of rotatable bonds is 46. The summed E-state index contributed by atoms with van der Waals surface area (Å²) < 4.78 is 0. The maximum Gasteiger partial charge on any atom is 0.222 e. The van der Waals surface area contributed by atoms with Gasteiger partial charge in [-0.2, -0.15) is 0 Å². The molecular formula is C51H99NO4. The van der Waals surface area contributed by atoms with E-state index in [9.17, 15) is 20.1 Å². The number of allylic oxidation sites excluding steroid dienone is 3. The Labute approximate surface area is 350 Å². The molecule has 3 atom stereocenters. The summed E-state index contributed by atoms with van der Waals surface area (Å²) in [4.78, 5) is 12.4. The summed E-state index contributed by atoms with van der Waals surface area (Å²) in [6.45, 7) is 4.18. The minimum Gasteiger partial charge on any atom is -0.394 e. The second-order valence-corrected chi connectivity index (χ2v) is 17.4. The normalized spacial score (nSPS) is 13.6. The Morgan fingerprint density at radius 3 is 1.14 bits per heavy atom. The van der Waals surface area contributed by atoms with Crippen LogP contribution in [0.15, 0.2) is 24.3 Å². The maximum atomic E-state index is 12.4. The van der Waals surface area contributed by atoms with Gasteiger partial charge in [0.15, 0.2) is 0 Å². The molecule has 0 aromatic rings. The van der Waals surface area contributed by atoms with E-state index in [1.165, 1.54) is 212 Å². The Morgan fingerprint density at radius 1 is 0.446 bits per heavy atom. The van der Waals surface area contributed by atoms with Crippen molar-refractivity contribution in [2.75, 3.05) is 6.61 Å². The van der Waals surface area contributed by atoms with Crippen molar-refractivity contribution in [2.24, 2.45) is 0 Å². The van der Waals surface area contributed by atoms with Gasteiger partial charge < -0.3 is 20.6 Å². The molecule has 0 aromatic heterocycles. The number of unbranched alkanes of at least 4 members (excludes halogenated alkanes) is 35. The molecule has 5 heteroatoms. The van der Waals surface area contributed by atoms with Crippen LogP contribution in [-0.2, 0) is 4.79 Å². The third-order valence-corrected chi connectivity index (χ3v) is 11.7. The average Bonchev–Trinajstić information content (AvgIpc) is 3.19. The first-order valence-corrected chi connectivity index (χ1v) is 25.1. The molecule has 0 spiro atoms. The Morgan fingerprint density at radius 2 is 0.768 bits per heavy atom. The average molecular weight is 790 g/mol. The third-order valence-electron chi connectivity index (χ3n) is 11.7. The zero-order valence-electron chi connectivity index (χ0n) is 37.8. The standard InChI is InChI=1S/C51H99NO4/c1-3-5-7-9-11-13-15-16-17-18-19-20-21-22-23-24-25-26-27-28-29-30-31-32-33-34-35-36-38-40-42-44-48(54)46-51(56)52-49(47-53)50(55)45-43-41-39-37-14-12-10-8-6-4-2/h14,37,43,45,48-50,53-55H,3-13,15-36,38-42,44,46-47H2,1-2H3,(H,52,56)/b37-14+,45-43+. The monoisotopic (exact) mass is 790 g/mol. The molecular weight excluding hydrogens is 691 g/mol. The van der Waals surface area contributed by atoms with Gasteiger partial charge in [0.05, 0.1) is 31.3 Å². The van der Waals surface area contributed by atoms with E-state index in [1.807, 2.05) is 6.08 Å². The van der Waals surface area contributed by atoms with Crippen LogP contribution in [0.2, 0.25) is 0 Å². The number of aliphatic hydroxyl groups is 3. The highest BCUT2D eigenvalue weighted by Gasteiger charge is 2.20.